The molecule has 2 heterocycles. The molecule has 0 amide bonds. The van der Waals surface area contributed by atoms with Crippen molar-refractivity contribution in [3.05, 3.63) is 59.7 Å². The van der Waals surface area contributed by atoms with Gasteiger partial charge >= 0.3 is 0 Å². The van der Waals surface area contributed by atoms with Crippen LogP contribution in [0.15, 0.2) is 54.0 Å². The Hall–Kier alpha value is -2.37. The van der Waals surface area contributed by atoms with Crippen LogP contribution >= 0.6 is 11.3 Å². The normalized spacial score (nSPS) is 11.3. The number of aromatic nitrogens is 2. The maximum absolute atomic E-state index is 5.95. The third-order valence-corrected chi connectivity index (χ3v) is 4.21. The van der Waals surface area contributed by atoms with Crippen molar-refractivity contribution >= 4 is 27.1 Å². The Kier molecular flexibility index (Phi) is 2.87. The molecule has 4 rings (SSSR count). The van der Waals surface area contributed by atoms with E-state index >= 15 is 0 Å². The molecule has 0 radical (unpaired) electrons. The molecule has 5 heteroatoms. The maximum atomic E-state index is 5.95. The van der Waals surface area contributed by atoms with Crippen LogP contribution in [-0.4, -0.2) is 9.38 Å². The van der Waals surface area contributed by atoms with Crippen molar-refractivity contribution in [2.45, 2.75) is 6.54 Å². The van der Waals surface area contributed by atoms with E-state index in [0.717, 1.165) is 21.8 Å². The molecule has 0 spiro atoms. The molecule has 0 fully saturated rings. The zero-order valence-corrected chi connectivity index (χ0v) is 12.0. The summed E-state index contributed by atoms with van der Waals surface area (Å²) in [5.41, 5.74) is 6.72. The number of fused-ring (bicyclic) bond motifs is 2. The van der Waals surface area contributed by atoms with Gasteiger partial charge in [0.05, 0.1) is 0 Å². The van der Waals surface area contributed by atoms with Gasteiger partial charge in [-0.25, -0.2) is 0 Å². The van der Waals surface area contributed by atoms with Crippen LogP contribution in [0.2, 0.25) is 0 Å². The molecule has 4 aromatic rings. The molecule has 21 heavy (non-hydrogen) atoms. The quantitative estimate of drug-likeness (QED) is 0.625. The fourth-order valence-corrected chi connectivity index (χ4v) is 3.15. The van der Waals surface area contributed by atoms with Crippen molar-refractivity contribution in [1.29, 1.82) is 0 Å². The summed E-state index contributed by atoms with van der Waals surface area (Å²) in [6, 6.07) is 14.2. The highest BCUT2D eigenvalue weighted by Gasteiger charge is 2.13. The van der Waals surface area contributed by atoms with Crippen LogP contribution in [0.4, 0.5) is 0 Å². The molecule has 2 aromatic heterocycles. The molecule has 0 aliphatic carbocycles. The second kappa shape index (κ2) is 4.87. The third-order valence-electron chi connectivity index (χ3n) is 3.45. The van der Waals surface area contributed by atoms with Gasteiger partial charge in [-0.3, -0.25) is 4.40 Å². The van der Waals surface area contributed by atoms with E-state index in [1.54, 1.807) is 11.3 Å². The summed E-state index contributed by atoms with van der Waals surface area (Å²) in [6.07, 6.45) is 1.96. The second-order valence-corrected chi connectivity index (χ2v) is 5.61. The van der Waals surface area contributed by atoms with Gasteiger partial charge in [-0.2, -0.15) is 4.98 Å². The number of rotatable bonds is 3. The molecule has 0 aliphatic rings. The summed E-state index contributed by atoms with van der Waals surface area (Å²) in [6.45, 7) is 0.390. The lowest BCUT2D eigenvalue weighted by molar-refractivity contribution is 0.460. The number of benzene rings is 2. The van der Waals surface area contributed by atoms with E-state index in [-0.39, 0.29) is 0 Å². The van der Waals surface area contributed by atoms with E-state index in [2.05, 4.69) is 17.1 Å². The minimum Gasteiger partial charge on any atom is -0.437 e. The first-order valence-electron chi connectivity index (χ1n) is 6.66. The van der Waals surface area contributed by atoms with E-state index in [4.69, 9.17) is 10.5 Å². The first kappa shape index (κ1) is 12.4. The van der Waals surface area contributed by atoms with Gasteiger partial charge in [-0.15, -0.1) is 11.3 Å². The predicted molar refractivity (Wildman–Crippen MR) is 85.0 cm³/mol. The summed E-state index contributed by atoms with van der Waals surface area (Å²) in [4.78, 5) is 5.39. The highest BCUT2D eigenvalue weighted by molar-refractivity contribution is 7.15. The van der Waals surface area contributed by atoms with Gasteiger partial charge in [-0.05, 0) is 22.9 Å². The minimum atomic E-state index is 0.390. The van der Waals surface area contributed by atoms with Crippen LogP contribution in [-0.2, 0) is 6.54 Å². The van der Waals surface area contributed by atoms with Crippen molar-refractivity contribution in [2.24, 2.45) is 5.73 Å². The van der Waals surface area contributed by atoms with E-state index < -0.39 is 0 Å². The lowest BCUT2D eigenvalue weighted by Gasteiger charge is -2.06. The van der Waals surface area contributed by atoms with Crippen LogP contribution in [0.3, 0.4) is 0 Å². The Morgan fingerprint density at radius 2 is 2.00 bits per heavy atom. The van der Waals surface area contributed by atoms with Crippen LogP contribution in [0.5, 0.6) is 11.6 Å². The summed E-state index contributed by atoms with van der Waals surface area (Å²) in [5, 5.41) is 4.32. The Balaban J connectivity index is 1.76. The third kappa shape index (κ3) is 2.07. The van der Waals surface area contributed by atoms with Gasteiger partial charge in [-0.1, -0.05) is 30.3 Å². The lowest BCUT2D eigenvalue weighted by atomic mass is 10.1. The smallest absolute Gasteiger partial charge is 0.243 e. The van der Waals surface area contributed by atoms with Crippen molar-refractivity contribution < 1.29 is 4.74 Å². The molecule has 104 valence electrons. The van der Waals surface area contributed by atoms with Gasteiger partial charge in [0.25, 0.3) is 0 Å². The van der Waals surface area contributed by atoms with Crippen LogP contribution < -0.4 is 10.5 Å². The molecular formula is C16H13N3OS. The number of ether oxygens (including phenoxy) is 1. The molecule has 0 saturated heterocycles. The Labute approximate surface area is 125 Å². The molecule has 0 bridgehead atoms. The van der Waals surface area contributed by atoms with Gasteiger partial charge < -0.3 is 10.5 Å². The minimum absolute atomic E-state index is 0.390. The molecule has 0 saturated carbocycles. The number of thiazole rings is 1. The summed E-state index contributed by atoms with van der Waals surface area (Å²) in [7, 11) is 0. The van der Waals surface area contributed by atoms with Crippen molar-refractivity contribution in [2.75, 3.05) is 0 Å². The van der Waals surface area contributed by atoms with Crippen molar-refractivity contribution in [1.82, 2.24) is 9.38 Å². The SMILES string of the molecule is NCc1c(Oc2ccc3ccccc3c2)nc2sccn12. The molecular weight excluding hydrogens is 282 g/mol. The number of hydrogen-bond acceptors (Lipinski definition) is 4. The molecule has 0 atom stereocenters. The summed E-state index contributed by atoms with van der Waals surface area (Å²) < 4.78 is 7.92. The molecule has 0 aliphatic heterocycles. The number of imidazole rings is 1. The standard InChI is InChI=1S/C16H13N3OS/c17-10-14-15(18-16-19(14)7-8-21-16)20-13-6-5-11-3-1-2-4-12(11)9-13/h1-9H,10,17H2. The Morgan fingerprint density at radius 1 is 1.14 bits per heavy atom. The van der Waals surface area contributed by atoms with Gasteiger partial charge in [0.15, 0.2) is 4.96 Å². The number of nitrogens with two attached hydrogens (primary N) is 1. The fourth-order valence-electron chi connectivity index (χ4n) is 2.42. The average Bonchev–Trinajstić information content (AvgIpc) is 3.07. The number of hydrogen-bond donors (Lipinski definition) is 1. The maximum Gasteiger partial charge on any atom is 0.243 e. The van der Waals surface area contributed by atoms with Gasteiger partial charge in [0, 0.05) is 18.1 Å². The lowest BCUT2D eigenvalue weighted by Crippen LogP contribution is -2.01. The van der Waals surface area contributed by atoms with Crippen LogP contribution in [0.1, 0.15) is 5.69 Å². The zero-order valence-electron chi connectivity index (χ0n) is 11.2. The second-order valence-electron chi connectivity index (χ2n) is 4.73. The van der Waals surface area contributed by atoms with E-state index in [1.807, 2.05) is 46.3 Å². The van der Waals surface area contributed by atoms with Crippen LogP contribution in [0.25, 0.3) is 15.7 Å². The summed E-state index contributed by atoms with van der Waals surface area (Å²) in [5.74, 6) is 1.36. The fraction of sp³-hybridized carbons (Fsp3) is 0.0625. The number of nitrogens with zero attached hydrogens (tertiary/aromatic N) is 2. The van der Waals surface area contributed by atoms with E-state index in [9.17, 15) is 0 Å². The van der Waals surface area contributed by atoms with E-state index in [1.165, 1.54) is 5.39 Å². The van der Waals surface area contributed by atoms with Crippen molar-refractivity contribution in [3.63, 3.8) is 0 Å². The van der Waals surface area contributed by atoms with Gasteiger partial charge in [0.2, 0.25) is 5.88 Å². The Morgan fingerprint density at radius 3 is 2.86 bits per heavy atom. The summed E-state index contributed by atoms with van der Waals surface area (Å²) >= 11 is 1.57. The molecule has 4 nitrogen and oxygen atoms in total. The molecule has 2 aromatic carbocycles. The van der Waals surface area contributed by atoms with Gasteiger partial charge in [0.1, 0.15) is 11.4 Å². The zero-order chi connectivity index (χ0) is 14.2. The average molecular weight is 295 g/mol. The van der Waals surface area contributed by atoms with Crippen LogP contribution in [0, 0.1) is 0 Å². The monoisotopic (exact) mass is 295 g/mol. The van der Waals surface area contributed by atoms with Crippen molar-refractivity contribution in [3.8, 4) is 11.6 Å². The topological polar surface area (TPSA) is 52.5 Å². The Bertz CT molecular complexity index is 925. The van der Waals surface area contributed by atoms with E-state index in [0.29, 0.717) is 12.4 Å². The molecule has 0 unspecified atom stereocenters. The highest BCUT2D eigenvalue weighted by atomic mass is 32.1. The highest BCUT2D eigenvalue weighted by Crippen LogP contribution is 2.29. The molecule has 2 N–H and O–H groups in total. The predicted octanol–water partition coefficient (Wildman–Crippen LogP) is 3.80. The largest absolute Gasteiger partial charge is 0.437 e. The first-order chi connectivity index (χ1) is 10.3. The first-order valence-corrected chi connectivity index (χ1v) is 7.54.